The molecule has 0 nitrogen and oxygen atoms in total. The molecule has 4 rings (SSSR count). The van der Waals surface area contributed by atoms with Gasteiger partial charge in [0.1, 0.15) is 0 Å². The maximum absolute atomic E-state index is 3.60. The van der Waals surface area contributed by atoms with Crippen molar-refractivity contribution in [2.45, 2.75) is 239 Å². The molecule has 0 aliphatic heterocycles. The first-order chi connectivity index (χ1) is 24.7. The van der Waals surface area contributed by atoms with E-state index in [1.807, 2.05) is 0 Å². The Labute approximate surface area is 421 Å². The molecule has 9 heteroatoms. The quantitative estimate of drug-likeness (QED) is 0.129. The molecule has 0 amide bonds. The van der Waals surface area contributed by atoms with Crippen LogP contribution in [0.2, 0.25) is 113 Å². The van der Waals surface area contributed by atoms with Gasteiger partial charge >= 0.3 is 56.6 Å². The summed E-state index contributed by atoms with van der Waals surface area (Å²) in [7, 11) is -5.41. The second kappa shape index (κ2) is 29.1. The Bertz CT molecular complexity index is 987. The van der Waals surface area contributed by atoms with Gasteiger partial charge in [0.05, 0.1) is 0 Å². The zero-order valence-corrected chi connectivity index (χ0v) is 52.7. The molecule has 0 aromatic carbocycles. The average Bonchev–Trinajstić information content (AvgIpc) is 3.86. The maximum Gasteiger partial charge on any atom is 1.00 e. The van der Waals surface area contributed by atoms with Gasteiger partial charge in [-0.1, -0.05) is 211 Å². The average molecular weight is 902 g/mol. The third kappa shape index (κ3) is 16.4. The standard InChI is InChI=1S/2C22H48Si3.C4H9.2CH3.3Li/c2*1-16-17(2)19(4)22(18(16)3)25(9,10)24(7,8)21-12-11-20(15-21)13-14-23(5)6;1-3-4-2;;;;;/h2*16-23H,11-15H2,1-10H3;1,3-4H2,2H3;2*1H3;;;/q;;3*-1;3*+1. The molecule has 0 aromatic heterocycles. The fourth-order valence-electron chi connectivity index (χ4n) is 13.8. The van der Waals surface area contributed by atoms with Gasteiger partial charge in [-0.2, -0.15) is 6.42 Å². The van der Waals surface area contributed by atoms with Gasteiger partial charge < -0.3 is 21.8 Å². The Hall–Kier alpha value is 3.09. The van der Waals surface area contributed by atoms with Crippen molar-refractivity contribution in [3.63, 3.8) is 0 Å². The normalized spacial score (nSPS) is 34.6. The molecule has 12 atom stereocenters. The van der Waals surface area contributed by atoms with Crippen molar-refractivity contribution in [2.24, 2.45) is 59.2 Å². The van der Waals surface area contributed by atoms with Crippen LogP contribution in [-0.2, 0) is 0 Å². The van der Waals surface area contributed by atoms with Gasteiger partial charge in [-0.15, -0.1) is 0 Å². The maximum atomic E-state index is 3.60. The van der Waals surface area contributed by atoms with Crippen LogP contribution in [0.1, 0.15) is 127 Å². The molecule has 4 aliphatic rings. The van der Waals surface area contributed by atoms with Crippen LogP contribution in [-0.4, -0.2) is 48.0 Å². The van der Waals surface area contributed by atoms with E-state index < -0.39 is 30.4 Å². The Kier molecular flexibility index (Phi) is 33.9. The van der Waals surface area contributed by atoms with Gasteiger partial charge in [0.15, 0.2) is 0 Å². The van der Waals surface area contributed by atoms with Crippen LogP contribution >= 0.6 is 0 Å². The molecule has 4 fully saturated rings. The predicted molar refractivity (Wildman–Crippen MR) is 283 cm³/mol. The molecule has 59 heavy (non-hydrogen) atoms. The van der Waals surface area contributed by atoms with Crippen LogP contribution in [0.15, 0.2) is 0 Å². The Morgan fingerprint density at radius 2 is 0.678 bits per heavy atom. The van der Waals surface area contributed by atoms with Gasteiger partial charge in [0.2, 0.25) is 0 Å². The van der Waals surface area contributed by atoms with Gasteiger partial charge in [-0.25, -0.2) is 0 Å². The van der Waals surface area contributed by atoms with E-state index >= 15 is 0 Å². The summed E-state index contributed by atoms with van der Waals surface area (Å²) >= 11 is 0. The largest absolute Gasteiger partial charge is 1.00 e. The summed E-state index contributed by atoms with van der Waals surface area (Å²) in [5.74, 6) is 9.76. The van der Waals surface area contributed by atoms with Gasteiger partial charge in [0, 0.05) is 48.0 Å². The minimum Gasteiger partial charge on any atom is -0.358 e. The van der Waals surface area contributed by atoms with E-state index in [0.29, 0.717) is 0 Å². The van der Waals surface area contributed by atoms with Crippen molar-refractivity contribution in [1.29, 1.82) is 0 Å². The Balaban J connectivity index is -0.000000436. The minimum atomic E-state index is -1.20. The zero-order chi connectivity index (χ0) is 41.7. The molecule has 12 unspecified atom stereocenters. The molecule has 0 spiro atoms. The van der Waals surface area contributed by atoms with Crippen molar-refractivity contribution in [2.75, 3.05) is 0 Å². The first kappa shape index (κ1) is 68.7. The summed E-state index contributed by atoms with van der Waals surface area (Å²) in [5.41, 5.74) is 4.42. The van der Waals surface area contributed by atoms with Gasteiger partial charge in [-0.3, -0.25) is 0 Å². The fraction of sp³-hybridized carbons (Fsp3) is 0.940. The summed E-state index contributed by atoms with van der Waals surface area (Å²) < 4.78 is 0. The topological polar surface area (TPSA) is 0 Å². The van der Waals surface area contributed by atoms with Crippen LogP contribution < -0.4 is 56.6 Å². The molecular weight excluding hydrogens is 790 g/mol. The van der Waals surface area contributed by atoms with E-state index in [1.165, 1.54) is 6.42 Å². The first-order valence-corrected chi connectivity index (χ1v) is 45.1. The van der Waals surface area contributed by atoms with E-state index in [4.69, 9.17) is 0 Å². The molecule has 0 aromatic rings. The molecule has 338 valence electrons. The molecule has 4 aliphatic carbocycles. The summed E-state index contributed by atoms with van der Waals surface area (Å²) in [6, 6.07) is 3.18. The van der Waals surface area contributed by atoms with E-state index in [9.17, 15) is 0 Å². The molecular formula is C50H111Li3Si6. The molecule has 0 saturated heterocycles. The van der Waals surface area contributed by atoms with Crippen LogP contribution in [0, 0.1) is 81.0 Å². The summed E-state index contributed by atoms with van der Waals surface area (Å²) in [6.07, 6.45) is 14.9. The summed E-state index contributed by atoms with van der Waals surface area (Å²) in [6.45, 7) is 59.1. The monoisotopic (exact) mass is 901 g/mol. The van der Waals surface area contributed by atoms with Crippen molar-refractivity contribution in [3.05, 3.63) is 21.8 Å². The molecule has 0 radical (unpaired) electrons. The van der Waals surface area contributed by atoms with Crippen molar-refractivity contribution in [3.8, 4) is 0 Å². The first-order valence-electron chi connectivity index (χ1n) is 24.5. The fourth-order valence-corrected chi connectivity index (χ4v) is 46.2. The Morgan fingerprint density at radius 3 is 0.881 bits per heavy atom. The van der Waals surface area contributed by atoms with Crippen molar-refractivity contribution < 1.29 is 56.6 Å². The second-order valence-electron chi connectivity index (χ2n) is 24.4. The van der Waals surface area contributed by atoms with Crippen LogP contribution in [0.4, 0.5) is 0 Å². The smallest absolute Gasteiger partial charge is 0.358 e. The minimum absolute atomic E-state index is 0. The van der Waals surface area contributed by atoms with Gasteiger partial charge in [0.25, 0.3) is 0 Å². The van der Waals surface area contributed by atoms with Crippen LogP contribution in [0.25, 0.3) is 0 Å². The van der Waals surface area contributed by atoms with E-state index in [1.54, 1.807) is 63.5 Å². The van der Waals surface area contributed by atoms with Crippen LogP contribution in [0.5, 0.6) is 0 Å². The SMILES string of the molecule is CC1C(C)C(C)C([Si](C)(C)[Si](C)(C)C2CCC(CC[SiH](C)C)C2)C1C.CC1C(C)C(C)C([Si](C)(C)[Si](C)(C)C2CCC(CC[SiH](C)C)C2)C1C.[CH2-]CCC.[CH3-].[CH3-].[Li+].[Li+].[Li+]. The number of hydrogen-bond acceptors (Lipinski definition) is 0. The van der Waals surface area contributed by atoms with E-state index in [2.05, 4.69) is 148 Å². The second-order valence-corrected chi connectivity index (χ2v) is 63.3. The molecule has 4 saturated carbocycles. The number of unbranched alkanes of at least 4 members (excludes halogenated alkanes) is 1. The van der Waals surface area contributed by atoms with Gasteiger partial charge in [-0.05, 0) is 81.3 Å². The number of hydrogen-bond donors (Lipinski definition) is 0. The molecule has 0 heterocycles. The third-order valence-electron chi connectivity index (χ3n) is 20.0. The van der Waals surface area contributed by atoms with E-state index in [-0.39, 0.29) is 89.0 Å². The molecule has 0 N–H and O–H groups in total. The number of rotatable bonds is 13. The Morgan fingerprint density at radius 1 is 0.441 bits per heavy atom. The van der Waals surface area contributed by atoms with Crippen LogP contribution in [0.3, 0.4) is 0 Å². The van der Waals surface area contributed by atoms with Crippen molar-refractivity contribution >= 4 is 48.0 Å². The van der Waals surface area contributed by atoms with E-state index in [0.717, 1.165) is 87.8 Å². The zero-order valence-electron chi connectivity index (χ0n) is 46.4. The summed E-state index contributed by atoms with van der Waals surface area (Å²) in [5, 5.41) is 0. The summed E-state index contributed by atoms with van der Waals surface area (Å²) in [4.78, 5) is 0. The molecule has 0 bridgehead atoms. The predicted octanol–water partition coefficient (Wildman–Crippen LogP) is 8.45. The third-order valence-corrected chi connectivity index (χ3v) is 64.6. The van der Waals surface area contributed by atoms with Crippen molar-refractivity contribution in [1.82, 2.24) is 0 Å².